The molecule has 0 aliphatic carbocycles. The predicted octanol–water partition coefficient (Wildman–Crippen LogP) is 23.8. The third-order valence-electron chi connectivity index (χ3n) is 20.3. The molecule has 0 atom stereocenters. The number of para-hydroxylation sites is 3. The average molecular weight is 1250 g/mol. The van der Waals surface area contributed by atoms with Crippen molar-refractivity contribution < 1.29 is 8.83 Å². The summed E-state index contributed by atoms with van der Waals surface area (Å²) in [6.07, 6.45) is 0. The van der Waals surface area contributed by atoms with Crippen molar-refractivity contribution >= 4 is 188 Å². The van der Waals surface area contributed by atoms with Crippen LogP contribution in [0.1, 0.15) is 52.7 Å². The molecule has 96 heavy (non-hydrogen) atoms. The number of hydrogen-bond donors (Lipinski definition) is 0. The van der Waals surface area contributed by atoms with E-state index >= 15 is 0 Å². The standard InChI is InChI=1S/C88H65BN4O2S/c1-87(2,3)56-31-36-59(37-32-56)92-75-50-63(91(62-42-46-80-72(49-62)67-22-12-15-25-78(67)94-80)61-35-30-55-29-28-54-18-10-11-21-66(54)71(55)48-61)41-44-73(75)89-74-45-47-81-84(70-24-13-16-26-79(70)95-81)86(74)93(60-38-33-57(34-39-60)88(4,5)6)77-52-65(51-76(92)85(77)89)90(58-19-8-7-9-20-58)64-40-43-69-68-23-14-17-27-82(68)96-83(69)53-64/h7-53H,1-6H3. The number of nitrogens with zero attached hydrogens (tertiary/aromatic N) is 4. The molecule has 0 radical (unpaired) electrons. The Morgan fingerprint density at radius 1 is 0.323 bits per heavy atom. The summed E-state index contributed by atoms with van der Waals surface area (Å²) in [6.45, 7) is 13.6. The highest BCUT2D eigenvalue weighted by Gasteiger charge is 2.46. The number of furan rings is 2. The lowest BCUT2D eigenvalue weighted by Gasteiger charge is -2.45. The van der Waals surface area contributed by atoms with E-state index in [4.69, 9.17) is 8.83 Å². The van der Waals surface area contributed by atoms with E-state index in [0.717, 1.165) is 112 Å². The first-order valence-electron chi connectivity index (χ1n) is 33.3. The van der Waals surface area contributed by atoms with E-state index in [9.17, 15) is 0 Å². The van der Waals surface area contributed by atoms with Crippen LogP contribution in [-0.2, 0) is 10.8 Å². The van der Waals surface area contributed by atoms with E-state index in [1.807, 2.05) is 17.4 Å². The zero-order valence-corrected chi connectivity index (χ0v) is 55.0. The Bertz CT molecular complexity index is 6030. The molecule has 0 unspecified atom stereocenters. The minimum absolute atomic E-state index is 0.0630. The van der Waals surface area contributed by atoms with Crippen molar-refractivity contribution in [3.8, 4) is 0 Å². The van der Waals surface area contributed by atoms with Crippen LogP contribution in [0.25, 0.3) is 85.6 Å². The van der Waals surface area contributed by atoms with Gasteiger partial charge in [0, 0.05) is 93.2 Å². The van der Waals surface area contributed by atoms with Gasteiger partial charge in [0.25, 0.3) is 6.71 Å². The summed E-state index contributed by atoms with van der Waals surface area (Å²) in [5.74, 6) is 0. The molecular weight excluding hydrogens is 1190 g/mol. The SMILES string of the molecule is CC(C)(C)c1ccc(N2c3cc(N(c4ccc5ccc6ccccc6c5c4)c4ccc5oc6ccccc6c5c4)ccc3B3c4ccc5oc6ccccc6c5c4N(c4ccc(C(C)(C)C)cc4)c4cc(N(c5ccccc5)c5ccc6c(c5)sc5ccccc56)cc2c43)cc1. The monoisotopic (exact) mass is 1250 g/mol. The van der Waals surface area contributed by atoms with E-state index in [0.29, 0.717) is 0 Å². The number of anilines is 12. The molecule has 8 heteroatoms. The Morgan fingerprint density at radius 2 is 0.812 bits per heavy atom. The third kappa shape index (κ3) is 8.78. The maximum atomic E-state index is 6.94. The van der Waals surface area contributed by atoms with Crippen LogP contribution < -0.4 is 36.0 Å². The van der Waals surface area contributed by atoms with E-state index in [2.05, 4.69) is 340 Å². The topological polar surface area (TPSA) is 39.2 Å². The molecular formula is C88H65BN4O2S. The van der Waals surface area contributed by atoms with Crippen molar-refractivity contribution in [3.63, 3.8) is 0 Å². The Balaban J connectivity index is 0.930. The van der Waals surface area contributed by atoms with E-state index < -0.39 is 0 Å². The quantitative estimate of drug-likeness (QED) is 0.112. The van der Waals surface area contributed by atoms with E-state index in [1.165, 1.54) is 69.2 Å². The van der Waals surface area contributed by atoms with E-state index in [1.54, 1.807) is 0 Å². The zero-order chi connectivity index (χ0) is 64.3. The Labute approximate surface area is 561 Å². The molecule has 0 saturated carbocycles. The molecule has 0 spiro atoms. The van der Waals surface area contributed by atoms with Crippen LogP contribution >= 0.6 is 11.3 Å². The highest BCUT2D eigenvalue weighted by molar-refractivity contribution is 7.25. The number of fused-ring (bicyclic) bond motifs is 17. The highest BCUT2D eigenvalue weighted by Crippen LogP contribution is 2.53. The van der Waals surface area contributed by atoms with Crippen LogP contribution in [0.5, 0.6) is 0 Å². The normalized spacial score (nSPS) is 13.0. The lowest BCUT2D eigenvalue weighted by atomic mass is 9.33. The van der Waals surface area contributed by atoms with Gasteiger partial charge < -0.3 is 28.4 Å². The summed E-state index contributed by atoms with van der Waals surface area (Å²) in [5.41, 5.74) is 22.2. The molecule has 0 N–H and O–H groups in total. The van der Waals surface area contributed by atoms with Crippen LogP contribution in [0, 0.1) is 0 Å². The Morgan fingerprint density at radius 3 is 1.55 bits per heavy atom. The van der Waals surface area contributed by atoms with Crippen LogP contribution in [-0.4, -0.2) is 6.71 Å². The lowest BCUT2D eigenvalue weighted by molar-refractivity contribution is 0.590. The van der Waals surface area contributed by atoms with Gasteiger partial charge in [-0.05, 0) is 187 Å². The van der Waals surface area contributed by atoms with Crippen molar-refractivity contribution in [1.82, 2.24) is 0 Å². The van der Waals surface area contributed by atoms with Gasteiger partial charge in [-0.25, -0.2) is 0 Å². The van der Waals surface area contributed by atoms with Crippen LogP contribution in [0.3, 0.4) is 0 Å². The van der Waals surface area contributed by atoms with Crippen LogP contribution in [0.4, 0.5) is 68.2 Å². The largest absolute Gasteiger partial charge is 0.456 e. The number of hydrogen-bond acceptors (Lipinski definition) is 7. The molecule has 3 aromatic heterocycles. The number of thiophene rings is 1. The van der Waals surface area contributed by atoms with Crippen LogP contribution in [0.15, 0.2) is 294 Å². The molecule has 5 heterocycles. The third-order valence-corrected chi connectivity index (χ3v) is 21.4. The molecule has 6 nitrogen and oxygen atoms in total. The van der Waals surface area contributed by atoms with E-state index in [-0.39, 0.29) is 17.5 Å². The Hall–Kier alpha value is -11.3. The summed E-state index contributed by atoms with van der Waals surface area (Å²) < 4.78 is 16.0. The Kier molecular flexibility index (Phi) is 12.4. The fourth-order valence-electron chi connectivity index (χ4n) is 15.6. The second kappa shape index (κ2) is 21.1. The second-order valence-electron chi connectivity index (χ2n) is 28.1. The van der Waals surface area contributed by atoms with Gasteiger partial charge in [0.2, 0.25) is 0 Å². The van der Waals surface area contributed by atoms with Gasteiger partial charge in [-0.3, -0.25) is 0 Å². The van der Waals surface area contributed by atoms with Gasteiger partial charge in [-0.2, -0.15) is 0 Å². The predicted molar refractivity (Wildman–Crippen MR) is 410 cm³/mol. The molecule has 0 bridgehead atoms. The number of rotatable bonds is 8. The first kappa shape index (κ1) is 56.2. The molecule has 0 saturated heterocycles. The van der Waals surface area contributed by atoms with Crippen molar-refractivity contribution in [2.45, 2.75) is 52.4 Å². The second-order valence-corrected chi connectivity index (χ2v) is 29.2. The van der Waals surface area contributed by atoms with Crippen LogP contribution in [0.2, 0.25) is 0 Å². The first-order chi connectivity index (χ1) is 46.8. The summed E-state index contributed by atoms with van der Waals surface area (Å²) in [4.78, 5) is 10.1. The van der Waals surface area contributed by atoms with Gasteiger partial charge in [0.05, 0.1) is 16.8 Å². The summed E-state index contributed by atoms with van der Waals surface area (Å²) in [5, 5.41) is 11.7. The van der Waals surface area contributed by atoms with Crippen molar-refractivity contribution in [3.05, 3.63) is 296 Å². The molecule has 2 aliphatic rings. The average Bonchev–Trinajstić information content (AvgIpc) is 0.914. The maximum Gasteiger partial charge on any atom is 0.252 e. The summed E-state index contributed by atoms with van der Waals surface area (Å²) >= 11 is 1.85. The first-order valence-corrected chi connectivity index (χ1v) is 34.1. The van der Waals surface area contributed by atoms with Crippen molar-refractivity contribution in [2.75, 3.05) is 19.6 Å². The molecule has 458 valence electrons. The fraction of sp³-hybridized carbons (Fsp3) is 0.0909. The van der Waals surface area contributed by atoms with Gasteiger partial charge >= 0.3 is 0 Å². The minimum atomic E-state index is -0.231. The van der Waals surface area contributed by atoms with Gasteiger partial charge in [-0.15, -0.1) is 11.3 Å². The van der Waals surface area contributed by atoms with Gasteiger partial charge in [0.15, 0.2) is 0 Å². The molecule has 0 fully saturated rings. The summed E-state index contributed by atoms with van der Waals surface area (Å²) in [7, 11) is 0. The molecule has 0 amide bonds. The molecule has 17 aromatic rings. The van der Waals surface area contributed by atoms with Crippen molar-refractivity contribution in [2.24, 2.45) is 0 Å². The highest BCUT2D eigenvalue weighted by atomic mass is 32.1. The van der Waals surface area contributed by atoms with Gasteiger partial charge in [0.1, 0.15) is 22.3 Å². The molecule has 19 rings (SSSR count). The fourth-order valence-corrected chi connectivity index (χ4v) is 16.7. The number of benzene rings is 14. The smallest absolute Gasteiger partial charge is 0.252 e. The lowest BCUT2D eigenvalue weighted by Crippen LogP contribution is -2.61. The zero-order valence-electron chi connectivity index (χ0n) is 54.2. The van der Waals surface area contributed by atoms with Gasteiger partial charge in [-0.1, -0.05) is 199 Å². The maximum absolute atomic E-state index is 6.94. The molecule has 2 aliphatic heterocycles. The minimum Gasteiger partial charge on any atom is -0.456 e. The van der Waals surface area contributed by atoms with Crippen molar-refractivity contribution in [1.29, 1.82) is 0 Å². The summed E-state index contributed by atoms with van der Waals surface area (Å²) in [6, 6.07) is 106. The molecule has 14 aromatic carbocycles.